The van der Waals surface area contributed by atoms with Crippen LogP contribution in [0.1, 0.15) is 113 Å². The molecule has 275 valence electrons. The number of aliphatic hydroxyl groups excluding tert-OH is 1. The van der Waals surface area contributed by atoms with E-state index in [4.69, 9.17) is 9.97 Å². The van der Waals surface area contributed by atoms with Crippen LogP contribution < -0.4 is 0 Å². The van der Waals surface area contributed by atoms with Gasteiger partial charge in [-0.2, -0.15) is 0 Å². The molecule has 0 bridgehead atoms. The molecular formula is C45H57IrN2O2S-. The van der Waals surface area contributed by atoms with Gasteiger partial charge in [-0.15, -0.1) is 40.5 Å². The maximum Gasteiger partial charge on any atom is 0.164 e. The first-order valence-electron chi connectivity index (χ1n) is 18.3. The van der Waals surface area contributed by atoms with Gasteiger partial charge in [-0.25, -0.2) is 0 Å². The molecule has 6 heteroatoms. The Labute approximate surface area is 324 Å². The zero-order valence-electron chi connectivity index (χ0n) is 32.5. The van der Waals surface area contributed by atoms with E-state index in [1.807, 2.05) is 47.7 Å². The number of rotatable bonds is 11. The molecule has 0 aliphatic rings. The predicted molar refractivity (Wildman–Crippen MR) is 215 cm³/mol. The summed E-state index contributed by atoms with van der Waals surface area (Å²) in [5.41, 5.74) is 6.00. The van der Waals surface area contributed by atoms with Crippen molar-refractivity contribution >= 4 is 38.0 Å². The van der Waals surface area contributed by atoms with E-state index in [2.05, 4.69) is 101 Å². The van der Waals surface area contributed by atoms with Crippen LogP contribution >= 0.6 is 11.3 Å². The van der Waals surface area contributed by atoms with Crippen LogP contribution in [0.3, 0.4) is 0 Å². The third-order valence-corrected chi connectivity index (χ3v) is 11.5. The molecule has 0 saturated heterocycles. The molecule has 0 saturated carbocycles. The van der Waals surface area contributed by atoms with Crippen molar-refractivity contribution in [2.45, 2.75) is 114 Å². The molecule has 3 aromatic heterocycles. The Morgan fingerprint density at radius 3 is 2.12 bits per heavy atom. The van der Waals surface area contributed by atoms with Crippen molar-refractivity contribution in [2.75, 3.05) is 0 Å². The predicted octanol–water partition coefficient (Wildman–Crippen LogP) is 13.1. The van der Waals surface area contributed by atoms with Crippen LogP contribution in [0.25, 0.3) is 43.4 Å². The van der Waals surface area contributed by atoms with Gasteiger partial charge in [-0.1, -0.05) is 111 Å². The second-order valence-electron chi connectivity index (χ2n) is 15.6. The van der Waals surface area contributed by atoms with Crippen LogP contribution in [-0.4, -0.2) is 20.9 Å². The molecule has 0 aliphatic heterocycles. The Balaban J connectivity index is 0.000000335. The maximum absolute atomic E-state index is 12.2. The third kappa shape index (κ3) is 9.83. The van der Waals surface area contributed by atoms with Crippen molar-refractivity contribution in [2.24, 2.45) is 16.7 Å². The van der Waals surface area contributed by atoms with Gasteiger partial charge in [0.25, 0.3) is 0 Å². The van der Waals surface area contributed by atoms with Gasteiger partial charge in [0.15, 0.2) is 5.78 Å². The number of hydrogen-bond donors (Lipinski definition) is 1. The summed E-state index contributed by atoms with van der Waals surface area (Å²) in [6.07, 6.45) is 7.63. The Bertz CT molecular complexity index is 1960. The molecule has 1 N–H and O–H groups in total. The average Bonchev–Trinajstić information content (AvgIpc) is 3.59. The normalized spacial score (nSPS) is 12.5. The molecular weight excluding hydrogens is 825 g/mol. The number of pyridine rings is 2. The Morgan fingerprint density at radius 2 is 1.51 bits per heavy atom. The molecule has 0 fully saturated rings. The van der Waals surface area contributed by atoms with Crippen LogP contribution in [0.4, 0.5) is 0 Å². The molecule has 51 heavy (non-hydrogen) atoms. The van der Waals surface area contributed by atoms with Crippen LogP contribution in [-0.2, 0) is 36.7 Å². The summed E-state index contributed by atoms with van der Waals surface area (Å²) in [7, 11) is 0. The average molecular weight is 882 g/mol. The standard InChI is InChI=1S/C30H29N2S.C15H28O2.Ir/c1-19(2)14-28-24-11-13-33-29(24)18-27(32-28)21-10-12-31-26(17-21)22-15-20-8-6-7-9-23(20)25(16-22)30(3,4)5;1-7-14(5,8-2)12(16)11-13(17)15(6,9-3)10-4;/h6-13,16-19H,14H2,1-5H3;11,16H,7-10H2,1-6H3;/q-1;;/b;12-11-;. The zero-order valence-corrected chi connectivity index (χ0v) is 35.7. The summed E-state index contributed by atoms with van der Waals surface area (Å²) >= 11 is 1.78. The number of carbonyl (C=O) groups excluding carboxylic acids is 1. The number of carbonyl (C=O) groups is 1. The summed E-state index contributed by atoms with van der Waals surface area (Å²) in [5.74, 6) is 0.848. The first-order chi connectivity index (χ1) is 23.6. The van der Waals surface area contributed by atoms with Crippen LogP contribution in [0.2, 0.25) is 0 Å². The summed E-state index contributed by atoms with van der Waals surface area (Å²) in [5, 5.41) is 16.0. The smallest absolute Gasteiger partial charge is 0.164 e. The van der Waals surface area contributed by atoms with Gasteiger partial charge < -0.3 is 5.11 Å². The number of aliphatic hydroxyl groups is 1. The van der Waals surface area contributed by atoms with Gasteiger partial charge in [0, 0.05) is 64.7 Å². The number of thiophene rings is 1. The summed E-state index contributed by atoms with van der Waals surface area (Å²) < 4.78 is 1.29. The van der Waals surface area contributed by atoms with E-state index in [-0.39, 0.29) is 47.9 Å². The molecule has 5 rings (SSSR count). The van der Waals surface area contributed by atoms with E-state index in [1.54, 1.807) is 11.3 Å². The van der Waals surface area contributed by atoms with Gasteiger partial charge in [0.2, 0.25) is 0 Å². The molecule has 2 aromatic carbocycles. The number of fused-ring (bicyclic) bond motifs is 2. The Kier molecular flexibility index (Phi) is 14.5. The van der Waals surface area contributed by atoms with Gasteiger partial charge in [-0.05, 0) is 72.6 Å². The van der Waals surface area contributed by atoms with Crippen LogP contribution in [0, 0.1) is 22.8 Å². The van der Waals surface area contributed by atoms with Crippen LogP contribution in [0.15, 0.2) is 78.0 Å². The third-order valence-electron chi connectivity index (χ3n) is 10.6. The molecule has 0 aliphatic carbocycles. The largest absolute Gasteiger partial charge is 0.512 e. The Hall–Kier alpha value is -3.18. The minimum absolute atomic E-state index is 0. The topological polar surface area (TPSA) is 63.1 Å². The minimum atomic E-state index is -0.337. The molecule has 3 heterocycles. The Morgan fingerprint density at radius 1 is 0.863 bits per heavy atom. The summed E-state index contributed by atoms with van der Waals surface area (Å²) in [6.45, 7) is 23.4. The van der Waals surface area contributed by atoms with E-state index in [0.717, 1.165) is 60.0 Å². The van der Waals surface area contributed by atoms with Crippen molar-refractivity contribution in [3.8, 4) is 22.5 Å². The second-order valence-corrected chi connectivity index (χ2v) is 16.6. The van der Waals surface area contributed by atoms with E-state index >= 15 is 0 Å². The van der Waals surface area contributed by atoms with E-state index in [9.17, 15) is 9.90 Å². The molecule has 1 radical (unpaired) electrons. The van der Waals surface area contributed by atoms with Crippen molar-refractivity contribution in [3.63, 3.8) is 0 Å². The van der Waals surface area contributed by atoms with Gasteiger partial charge in [0.1, 0.15) is 5.76 Å². The van der Waals surface area contributed by atoms with E-state index < -0.39 is 0 Å². The molecule has 0 amide bonds. The van der Waals surface area contributed by atoms with Crippen molar-refractivity contribution < 1.29 is 30.0 Å². The number of benzene rings is 2. The van der Waals surface area contributed by atoms with Crippen molar-refractivity contribution in [1.82, 2.24) is 9.97 Å². The van der Waals surface area contributed by atoms with Crippen molar-refractivity contribution in [1.29, 1.82) is 0 Å². The maximum atomic E-state index is 12.2. The quantitative estimate of drug-likeness (QED) is 0.0815. The zero-order chi connectivity index (χ0) is 36.9. The van der Waals surface area contributed by atoms with E-state index in [0.29, 0.717) is 5.92 Å². The fourth-order valence-corrected chi connectivity index (χ4v) is 6.98. The fraction of sp³-hybridized carbons (Fsp3) is 0.444. The monoisotopic (exact) mass is 882 g/mol. The molecule has 0 unspecified atom stereocenters. The number of aromatic nitrogens is 2. The van der Waals surface area contributed by atoms with E-state index in [1.165, 1.54) is 32.8 Å². The van der Waals surface area contributed by atoms with Gasteiger partial charge in [-0.3, -0.25) is 14.8 Å². The molecule has 0 atom stereocenters. The molecule has 5 aromatic rings. The second kappa shape index (κ2) is 17.6. The SMILES string of the molecule is CC(C)Cc1nc(-c2ccnc(-c3[c-]c4ccccc4c(C(C)(C)C)c3)c2)cc2sccc12.CCC(C)(CC)C(=O)/C=C(\O)C(C)(CC)CC.[Ir]. The summed E-state index contributed by atoms with van der Waals surface area (Å²) in [4.78, 5) is 22.0. The molecule has 4 nitrogen and oxygen atoms in total. The number of hydrogen-bond acceptors (Lipinski definition) is 5. The first-order valence-corrected chi connectivity index (χ1v) is 19.2. The minimum Gasteiger partial charge on any atom is -0.512 e. The van der Waals surface area contributed by atoms with Gasteiger partial charge in [0.05, 0.1) is 5.69 Å². The first kappa shape index (κ1) is 42.2. The fourth-order valence-electron chi connectivity index (χ4n) is 6.13. The molecule has 0 spiro atoms. The van der Waals surface area contributed by atoms with Gasteiger partial charge >= 0.3 is 0 Å². The van der Waals surface area contributed by atoms with Crippen LogP contribution in [0.5, 0.6) is 0 Å². The summed E-state index contributed by atoms with van der Waals surface area (Å²) in [6, 6.07) is 23.0. The number of ketones is 1. The number of nitrogens with zero attached hydrogens (tertiary/aromatic N) is 2. The van der Waals surface area contributed by atoms with Crippen molar-refractivity contribution in [3.05, 3.63) is 95.3 Å². The number of allylic oxidation sites excluding steroid dienone is 2.